The van der Waals surface area contributed by atoms with Crippen molar-refractivity contribution in [1.29, 1.82) is 0 Å². The molecule has 2 aromatic rings. The normalized spacial score (nSPS) is 12.4. The molecule has 1 aromatic heterocycles. The molecule has 3 nitrogen and oxygen atoms in total. The number of hydrogen-bond acceptors (Lipinski definition) is 4. The summed E-state index contributed by atoms with van der Waals surface area (Å²) in [6.45, 7) is 6.77. The highest BCUT2D eigenvalue weighted by atomic mass is 32.1. The van der Waals surface area contributed by atoms with Crippen molar-refractivity contribution in [3.63, 3.8) is 0 Å². The number of aryl methyl sites for hydroxylation is 2. The quantitative estimate of drug-likeness (QED) is 0.884. The summed E-state index contributed by atoms with van der Waals surface area (Å²) in [6, 6.07) is 6.44. The number of hydrogen-bond donors (Lipinski definition) is 1. The van der Waals surface area contributed by atoms with Crippen LogP contribution in [0.5, 0.6) is 5.75 Å². The van der Waals surface area contributed by atoms with E-state index in [1.54, 1.807) is 11.3 Å². The van der Waals surface area contributed by atoms with Crippen LogP contribution in [0, 0.1) is 13.8 Å². The summed E-state index contributed by atoms with van der Waals surface area (Å²) in [5.74, 6) is 0.974. The summed E-state index contributed by atoms with van der Waals surface area (Å²) in [4.78, 5) is 5.40. The zero-order chi connectivity index (χ0) is 14.5. The van der Waals surface area contributed by atoms with Crippen molar-refractivity contribution < 1.29 is 4.74 Å². The van der Waals surface area contributed by atoms with E-state index >= 15 is 0 Å². The van der Waals surface area contributed by atoms with Crippen molar-refractivity contribution in [3.8, 4) is 5.75 Å². The Morgan fingerprint density at radius 2 is 2.15 bits per heavy atom. The smallest absolute Gasteiger partial charge is 0.126 e. The fourth-order valence-electron chi connectivity index (χ4n) is 2.12. The highest BCUT2D eigenvalue weighted by Crippen LogP contribution is 2.26. The minimum Gasteiger partial charge on any atom is -0.487 e. The third-order valence-electron chi connectivity index (χ3n) is 3.33. The van der Waals surface area contributed by atoms with Gasteiger partial charge in [0, 0.05) is 12.2 Å². The SMILES string of the molecule is CCC(N)Cc1cccc(C)c1OCc1cnc(C)s1. The molecule has 108 valence electrons. The maximum atomic E-state index is 6.07. The number of ether oxygens (including phenoxy) is 1. The van der Waals surface area contributed by atoms with Gasteiger partial charge in [-0.2, -0.15) is 0 Å². The van der Waals surface area contributed by atoms with Gasteiger partial charge in [0.05, 0.1) is 9.88 Å². The molecule has 1 atom stereocenters. The van der Waals surface area contributed by atoms with Crippen molar-refractivity contribution in [2.75, 3.05) is 0 Å². The zero-order valence-electron chi connectivity index (χ0n) is 12.3. The van der Waals surface area contributed by atoms with E-state index in [1.807, 2.05) is 13.1 Å². The second kappa shape index (κ2) is 6.86. The van der Waals surface area contributed by atoms with Crippen LogP contribution in [0.15, 0.2) is 24.4 Å². The van der Waals surface area contributed by atoms with Gasteiger partial charge < -0.3 is 10.5 Å². The average Bonchev–Trinajstić information content (AvgIpc) is 2.83. The Morgan fingerprint density at radius 1 is 1.35 bits per heavy atom. The van der Waals surface area contributed by atoms with E-state index in [0.29, 0.717) is 6.61 Å². The van der Waals surface area contributed by atoms with Crippen molar-refractivity contribution >= 4 is 11.3 Å². The van der Waals surface area contributed by atoms with E-state index < -0.39 is 0 Å². The predicted molar refractivity (Wildman–Crippen MR) is 84.3 cm³/mol. The molecule has 1 heterocycles. The molecule has 4 heteroatoms. The van der Waals surface area contributed by atoms with Gasteiger partial charge in [-0.1, -0.05) is 25.1 Å². The van der Waals surface area contributed by atoms with Gasteiger partial charge in [0.25, 0.3) is 0 Å². The molecule has 0 fully saturated rings. The Morgan fingerprint density at radius 3 is 2.80 bits per heavy atom. The van der Waals surface area contributed by atoms with Gasteiger partial charge in [-0.25, -0.2) is 4.98 Å². The highest BCUT2D eigenvalue weighted by molar-refractivity contribution is 7.11. The van der Waals surface area contributed by atoms with E-state index in [-0.39, 0.29) is 6.04 Å². The molecule has 0 aliphatic rings. The zero-order valence-corrected chi connectivity index (χ0v) is 13.2. The van der Waals surface area contributed by atoms with Crippen LogP contribution in [-0.2, 0) is 13.0 Å². The van der Waals surface area contributed by atoms with Crippen LogP contribution in [0.3, 0.4) is 0 Å². The van der Waals surface area contributed by atoms with Gasteiger partial charge >= 0.3 is 0 Å². The molecule has 0 saturated heterocycles. The third kappa shape index (κ3) is 3.81. The second-order valence-electron chi connectivity index (χ2n) is 5.07. The Kier molecular flexibility index (Phi) is 5.15. The molecular weight excluding hydrogens is 268 g/mol. The standard InChI is InChI=1S/C16H22N2OS/c1-4-14(17)8-13-7-5-6-11(2)16(13)19-10-15-9-18-12(3)20-15/h5-7,9,14H,4,8,10,17H2,1-3H3. The van der Waals surface area contributed by atoms with Crippen LogP contribution in [0.25, 0.3) is 0 Å². The Balaban J connectivity index is 2.12. The van der Waals surface area contributed by atoms with Gasteiger partial charge in [-0.3, -0.25) is 0 Å². The average molecular weight is 290 g/mol. The molecule has 0 spiro atoms. The number of rotatable bonds is 6. The molecule has 0 amide bonds. The summed E-state index contributed by atoms with van der Waals surface area (Å²) in [5, 5.41) is 1.07. The van der Waals surface area contributed by atoms with Crippen LogP contribution >= 0.6 is 11.3 Å². The molecule has 0 radical (unpaired) electrons. The Hall–Kier alpha value is -1.39. The lowest BCUT2D eigenvalue weighted by molar-refractivity contribution is 0.303. The predicted octanol–water partition coefficient (Wildman–Crippen LogP) is 3.62. The first-order valence-corrected chi connectivity index (χ1v) is 7.80. The third-order valence-corrected chi connectivity index (χ3v) is 4.21. The van der Waals surface area contributed by atoms with Crippen LogP contribution in [0.4, 0.5) is 0 Å². The molecule has 0 bridgehead atoms. The van der Waals surface area contributed by atoms with E-state index in [0.717, 1.165) is 34.0 Å². The van der Waals surface area contributed by atoms with Crippen LogP contribution in [0.1, 0.15) is 34.4 Å². The molecular formula is C16H22N2OS. The van der Waals surface area contributed by atoms with Crippen LogP contribution < -0.4 is 10.5 Å². The number of thiazole rings is 1. The van der Waals surface area contributed by atoms with Gasteiger partial charge in [0.1, 0.15) is 12.4 Å². The highest BCUT2D eigenvalue weighted by Gasteiger charge is 2.11. The topological polar surface area (TPSA) is 48.1 Å². The van der Waals surface area contributed by atoms with Gasteiger partial charge in [-0.05, 0) is 37.8 Å². The van der Waals surface area contributed by atoms with Gasteiger partial charge in [-0.15, -0.1) is 11.3 Å². The monoisotopic (exact) mass is 290 g/mol. The minimum atomic E-state index is 0.185. The molecule has 1 aromatic carbocycles. The van der Waals surface area contributed by atoms with Crippen molar-refractivity contribution in [2.24, 2.45) is 5.73 Å². The first-order valence-electron chi connectivity index (χ1n) is 6.98. The Bertz CT molecular complexity index is 565. The van der Waals surface area contributed by atoms with Gasteiger partial charge in [0.15, 0.2) is 0 Å². The summed E-state index contributed by atoms with van der Waals surface area (Å²) in [7, 11) is 0. The van der Waals surface area contributed by atoms with Gasteiger partial charge in [0.2, 0.25) is 0 Å². The molecule has 0 aliphatic heterocycles. The lowest BCUT2D eigenvalue weighted by Gasteiger charge is -2.16. The molecule has 2 rings (SSSR count). The number of benzene rings is 1. The molecule has 0 saturated carbocycles. The summed E-state index contributed by atoms with van der Waals surface area (Å²) in [6.07, 6.45) is 3.71. The number of para-hydroxylation sites is 1. The first kappa shape index (κ1) is 15.0. The summed E-state index contributed by atoms with van der Waals surface area (Å²) in [5.41, 5.74) is 8.43. The largest absolute Gasteiger partial charge is 0.487 e. The molecule has 0 aliphatic carbocycles. The number of nitrogens with two attached hydrogens (primary N) is 1. The minimum absolute atomic E-state index is 0.185. The summed E-state index contributed by atoms with van der Waals surface area (Å²) < 4.78 is 6.03. The van der Waals surface area contributed by atoms with E-state index in [1.165, 1.54) is 5.56 Å². The van der Waals surface area contributed by atoms with E-state index in [2.05, 4.69) is 37.0 Å². The Labute approximate surface area is 124 Å². The number of nitrogens with zero attached hydrogens (tertiary/aromatic N) is 1. The molecule has 2 N–H and O–H groups in total. The second-order valence-corrected chi connectivity index (χ2v) is 6.39. The van der Waals surface area contributed by atoms with Crippen molar-refractivity contribution in [2.45, 2.75) is 46.3 Å². The lowest BCUT2D eigenvalue weighted by atomic mass is 10.0. The maximum absolute atomic E-state index is 6.07. The fourth-order valence-corrected chi connectivity index (χ4v) is 2.83. The fraction of sp³-hybridized carbons (Fsp3) is 0.438. The maximum Gasteiger partial charge on any atom is 0.126 e. The molecule has 20 heavy (non-hydrogen) atoms. The van der Waals surface area contributed by atoms with Crippen molar-refractivity contribution in [1.82, 2.24) is 4.98 Å². The van der Waals surface area contributed by atoms with E-state index in [4.69, 9.17) is 10.5 Å². The lowest BCUT2D eigenvalue weighted by Crippen LogP contribution is -2.21. The van der Waals surface area contributed by atoms with Crippen LogP contribution in [0.2, 0.25) is 0 Å². The first-order chi connectivity index (χ1) is 9.60. The molecule has 1 unspecified atom stereocenters. The summed E-state index contributed by atoms with van der Waals surface area (Å²) >= 11 is 1.68. The van der Waals surface area contributed by atoms with E-state index in [9.17, 15) is 0 Å². The number of aromatic nitrogens is 1. The van der Waals surface area contributed by atoms with Crippen molar-refractivity contribution in [3.05, 3.63) is 45.4 Å². The van der Waals surface area contributed by atoms with Crippen LogP contribution in [-0.4, -0.2) is 11.0 Å².